The molecule has 0 saturated carbocycles. The van der Waals surface area contributed by atoms with Gasteiger partial charge in [0.15, 0.2) is 0 Å². The maximum absolute atomic E-state index is 10.6. The smallest absolute Gasteiger partial charge is 0.135 e. The minimum absolute atomic E-state index is 0.242. The number of benzene rings is 2. The van der Waals surface area contributed by atoms with Crippen LogP contribution < -0.4 is 0 Å². The van der Waals surface area contributed by atoms with E-state index in [1.165, 1.54) is 22.5 Å². The van der Waals surface area contributed by atoms with Crippen LogP contribution in [0.2, 0.25) is 0 Å². The number of aromatic nitrogens is 1. The molecule has 6 nitrogen and oxygen atoms in total. The number of rotatable bonds is 7. The van der Waals surface area contributed by atoms with Crippen LogP contribution in [0.1, 0.15) is 11.4 Å². The first-order chi connectivity index (χ1) is 16.2. The quantitative estimate of drug-likeness (QED) is 0.532. The summed E-state index contributed by atoms with van der Waals surface area (Å²) in [6.07, 6.45) is 0.958. The number of hydrogen-bond donors (Lipinski definition) is 2. The standard InChI is InChI=1S/C26H28N4O2S/c27-25-24(23(31)17-30(25)12-4-11-29-13-15-32-16-14-29)26-28-22(18-33-26)21-9-7-20(8-10-21)19-5-2-1-3-6-19/h1-3,5-10,18,27,31H,4,11-17H2. The summed E-state index contributed by atoms with van der Waals surface area (Å²) in [5, 5.41) is 21.9. The van der Waals surface area contributed by atoms with Crippen molar-refractivity contribution in [1.29, 1.82) is 5.41 Å². The third-order valence-electron chi connectivity index (χ3n) is 6.19. The third kappa shape index (κ3) is 4.85. The molecule has 0 amide bonds. The Balaban J connectivity index is 1.23. The fraction of sp³-hybridized carbons (Fsp3) is 0.308. The van der Waals surface area contributed by atoms with Gasteiger partial charge in [-0.05, 0) is 17.5 Å². The number of ether oxygens (including phenoxy) is 1. The number of amidine groups is 1. The van der Waals surface area contributed by atoms with Crippen molar-refractivity contribution in [2.45, 2.75) is 6.42 Å². The van der Waals surface area contributed by atoms with Crippen molar-refractivity contribution >= 4 is 22.7 Å². The van der Waals surface area contributed by atoms with Crippen LogP contribution in [0.15, 0.2) is 65.7 Å². The minimum Gasteiger partial charge on any atom is -0.510 e. The van der Waals surface area contributed by atoms with Crippen molar-refractivity contribution in [2.75, 3.05) is 45.9 Å². The van der Waals surface area contributed by atoms with Crippen molar-refractivity contribution < 1.29 is 9.84 Å². The summed E-state index contributed by atoms with van der Waals surface area (Å²) in [5.74, 6) is 0.613. The molecular weight excluding hydrogens is 432 g/mol. The normalized spacial score (nSPS) is 17.2. The summed E-state index contributed by atoms with van der Waals surface area (Å²) >= 11 is 1.48. The molecule has 5 rings (SSSR count). The van der Waals surface area contributed by atoms with E-state index in [-0.39, 0.29) is 5.76 Å². The molecule has 0 unspecified atom stereocenters. The molecule has 0 radical (unpaired) electrons. The Morgan fingerprint density at radius 1 is 0.939 bits per heavy atom. The van der Waals surface area contributed by atoms with Crippen LogP contribution in [0.5, 0.6) is 0 Å². The highest BCUT2D eigenvalue weighted by Crippen LogP contribution is 2.33. The van der Waals surface area contributed by atoms with E-state index in [2.05, 4.69) is 41.3 Å². The van der Waals surface area contributed by atoms with Crippen molar-refractivity contribution in [3.8, 4) is 22.4 Å². The maximum atomic E-state index is 10.6. The predicted octanol–water partition coefficient (Wildman–Crippen LogP) is 4.76. The number of nitrogens with zero attached hydrogens (tertiary/aromatic N) is 3. The molecule has 0 aliphatic carbocycles. The molecule has 3 aromatic rings. The summed E-state index contributed by atoms with van der Waals surface area (Å²) in [7, 11) is 0. The van der Waals surface area contributed by atoms with Crippen LogP contribution in [0.3, 0.4) is 0 Å². The van der Waals surface area contributed by atoms with Crippen LogP contribution in [0.4, 0.5) is 0 Å². The molecule has 1 saturated heterocycles. The monoisotopic (exact) mass is 460 g/mol. The lowest BCUT2D eigenvalue weighted by atomic mass is 10.0. The Morgan fingerprint density at radius 3 is 2.39 bits per heavy atom. The second kappa shape index (κ2) is 9.87. The van der Waals surface area contributed by atoms with Gasteiger partial charge in [0, 0.05) is 37.1 Å². The molecule has 1 fully saturated rings. The zero-order chi connectivity index (χ0) is 22.6. The first kappa shape index (κ1) is 21.8. The van der Waals surface area contributed by atoms with Crippen LogP contribution in [-0.2, 0) is 4.74 Å². The molecule has 0 spiro atoms. The molecule has 2 aromatic carbocycles. The van der Waals surface area contributed by atoms with Gasteiger partial charge in [-0.1, -0.05) is 54.6 Å². The van der Waals surface area contributed by atoms with E-state index < -0.39 is 0 Å². The lowest BCUT2D eigenvalue weighted by Crippen LogP contribution is -2.38. The lowest BCUT2D eigenvalue weighted by molar-refractivity contribution is 0.0368. The van der Waals surface area contributed by atoms with Crippen molar-refractivity contribution in [3.63, 3.8) is 0 Å². The van der Waals surface area contributed by atoms with E-state index in [4.69, 9.17) is 15.1 Å². The summed E-state index contributed by atoms with van der Waals surface area (Å²) in [6.45, 7) is 5.67. The van der Waals surface area contributed by atoms with E-state index >= 15 is 0 Å². The van der Waals surface area contributed by atoms with Gasteiger partial charge >= 0.3 is 0 Å². The van der Waals surface area contributed by atoms with Gasteiger partial charge in [-0.2, -0.15) is 0 Å². The third-order valence-corrected chi connectivity index (χ3v) is 7.05. The number of nitrogens with one attached hydrogen (secondary N) is 1. The largest absolute Gasteiger partial charge is 0.510 e. The van der Waals surface area contributed by atoms with E-state index in [0.717, 1.165) is 57.1 Å². The van der Waals surface area contributed by atoms with E-state index in [9.17, 15) is 5.11 Å². The average molecular weight is 461 g/mol. The van der Waals surface area contributed by atoms with Crippen LogP contribution in [0.25, 0.3) is 28.0 Å². The van der Waals surface area contributed by atoms with E-state index in [1.807, 2.05) is 28.5 Å². The Morgan fingerprint density at radius 2 is 1.64 bits per heavy atom. The number of hydrogen-bond acceptors (Lipinski definition) is 6. The minimum atomic E-state index is 0.242. The molecule has 0 bridgehead atoms. The second-order valence-corrected chi connectivity index (χ2v) is 9.24. The SMILES string of the molecule is N=C1C(c2nc(-c3ccc(-c4ccccc4)cc3)cs2)=C(O)CN1CCCN1CCOCC1. The zero-order valence-corrected chi connectivity index (χ0v) is 19.4. The van der Waals surface area contributed by atoms with Gasteiger partial charge in [-0.3, -0.25) is 10.3 Å². The summed E-state index contributed by atoms with van der Waals surface area (Å²) in [4.78, 5) is 9.11. The second-order valence-electron chi connectivity index (χ2n) is 8.38. The highest BCUT2D eigenvalue weighted by molar-refractivity contribution is 7.11. The molecule has 7 heteroatoms. The Labute approximate surface area is 198 Å². The first-order valence-electron chi connectivity index (χ1n) is 11.4. The number of morpholine rings is 1. The Kier molecular flexibility index (Phi) is 6.53. The molecule has 3 heterocycles. The Hall–Kier alpha value is -3.00. The zero-order valence-electron chi connectivity index (χ0n) is 18.5. The molecule has 0 atom stereocenters. The molecule has 33 heavy (non-hydrogen) atoms. The van der Waals surface area contributed by atoms with Crippen molar-refractivity contribution in [1.82, 2.24) is 14.8 Å². The van der Waals surface area contributed by atoms with Crippen molar-refractivity contribution in [3.05, 3.63) is 70.7 Å². The lowest BCUT2D eigenvalue weighted by Gasteiger charge is -2.27. The topological polar surface area (TPSA) is 72.7 Å². The molecule has 2 aliphatic heterocycles. The number of thiazole rings is 1. The van der Waals surface area contributed by atoms with E-state index in [1.54, 1.807) is 0 Å². The first-order valence-corrected chi connectivity index (χ1v) is 12.2. The van der Waals surface area contributed by atoms with Gasteiger partial charge in [-0.15, -0.1) is 11.3 Å². The maximum Gasteiger partial charge on any atom is 0.135 e. The van der Waals surface area contributed by atoms with Gasteiger partial charge in [0.25, 0.3) is 0 Å². The predicted molar refractivity (Wildman–Crippen MR) is 134 cm³/mol. The summed E-state index contributed by atoms with van der Waals surface area (Å²) in [5.41, 5.74) is 4.82. The number of aliphatic hydroxyl groups is 1. The molecule has 1 aromatic heterocycles. The molecule has 2 aliphatic rings. The fourth-order valence-electron chi connectivity index (χ4n) is 4.34. The van der Waals surface area contributed by atoms with Crippen LogP contribution >= 0.6 is 11.3 Å². The summed E-state index contributed by atoms with van der Waals surface area (Å²) < 4.78 is 5.40. The van der Waals surface area contributed by atoms with Gasteiger partial charge in [0.1, 0.15) is 16.6 Å². The highest BCUT2D eigenvalue weighted by Gasteiger charge is 2.30. The van der Waals surface area contributed by atoms with Crippen LogP contribution in [-0.4, -0.2) is 71.7 Å². The molecular formula is C26H28N4O2S. The average Bonchev–Trinajstić information content (AvgIpc) is 3.44. The van der Waals surface area contributed by atoms with Crippen LogP contribution in [0, 0.1) is 5.41 Å². The molecule has 2 N–H and O–H groups in total. The fourth-order valence-corrected chi connectivity index (χ4v) is 5.24. The summed E-state index contributed by atoms with van der Waals surface area (Å²) in [6, 6.07) is 18.7. The number of aliphatic hydroxyl groups excluding tert-OH is 1. The van der Waals surface area contributed by atoms with Gasteiger partial charge in [-0.25, -0.2) is 4.98 Å². The van der Waals surface area contributed by atoms with Gasteiger partial charge in [0.2, 0.25) is 0 Å². The Bertz CT molecular complexity index is 1130. The van der Waals surface area contributed by atoms with E-state index in [0.29, 0.717) is 23.0 Å². The van der Waals surface area contributed by atoms with Crippen molar-refractivity contribution in [2.24, 2.45) is 0 Å². The highest BCUT2D eigenvalue weighted by atomic mass is 32.1. The van der Waals surface area contributed by atoms with Gasteiger partial charge < -0.3 is 14.7 Å². The van der Waals surface area contributed by atoms with Gasteiger partial charge in [0.05, 0.1) is 31.0 Å². The molecule has 170 valence electrons.